The molecular weight excluding hydrogens is 314 g/mol. The number of amides is 1. The monoisotopic (exact) mass is 335 g/mol. The minimum absolute atomic E-state index is 0.00811. The number of hydrogen-bond acceptors (Lipinski definition) is 5. The van der Waals surface area contributed by atoms with E-state index in [1.54, 1.807) is 13.0 Å². The third-order valence-electron chi connectivity index (χ3n) is 4.39. The first kappa shape index (κ1) is 17.9. The molecule has 1 aliphatic rings. The zero-order valence-corrected chi connectivity index (χ0v) is 13.7. The van der Waals surface area contributed by atoms with Crippen LogP contribution in [0.3, 0.4) is 0 Å². The summed E-state index contributed by atoms with van der Waals surface area (Å²) in [6.45, 7) is 4.27. The van der Waals surface area contributed by atoms with Crippen LogP contribution in [0.5, 0.6) is 0 Å². The number of nitrogens with one attached hydrogen (secondary N) is 1. The third-order valence-corrected chi connectivity index (χ3v) is 4.39. The second-order valence-electron chi connectivity index (χ2n) is 6.01. The van der Waals surface area contributed by atoms with E-state index in [-0.39, 0.29) is 30.2 Å². The highest BCUT2D eigenvalue weighted by Gasteiger charge is 2.35. The van der Waals surface area contributed by atoms with Crippen molar-refractivity contribution in [1.29, 1.82) is 0 Å². The Balaban J connectivity index is 1.94. The lowest BCUT2D eigenvalue weighted by Gasteiger charge is -2.42. The second-order valence-corrected chi connectivity index (χ2v) is 6.01. The first-order valence-electron chi connectivity index (χ1n) is 7.83. The lowest BCUT2D eigenvalue weighted by atomic mass is 9.85. The van der Waals surface area contributed by atoms with Crippen molar-refractivity contribution >= 4 is 17.6 Å². The van der Waals surface area contributed by atoms with Gasteiger partial charge in [0.05, 0.1) is 11.5 Å². The number of nitrogens with zero attached hydrogens (tertiary/aromatic N) is 2. The minimum atomic E-state index is -0.864. The van der Waals surface area contributed by atoms with Crippen LogP contribution in [0.25, 0.3) is 0 Å². The molecule has 1 aromatic carbocycles. The van der Waals surface area contributed by atoms with Gasteiger partial charge in [-0.3, -0.25) is 24.6 Å². The predicted molar refractivity (Wildman–Crippen MR) is 87.0 cm³/mol. The quantitative estimate of drug-likeness (QED) is 0.578. The van der Waals surface area contributed by atoms with E-state index in [1.165, 1.54) is 12.1 Å². The first-order chi connectivity index (χ1) is 11.3. The van der Waals surface area contributed by atoms with E-state index in [2.05, 4.69) is 5.32 Å². The van der Waals surface area contributed by atoms with Crippen LogP contribution >= 0.6 is 0 Å². The van der Waals surface area contributed by atoms with E-state index in [4.69, 9.17) is 5.11 Å². The number of non-ortho nitro benzene ring substituents is 1. The van der Waals surface area contributed by atoms with E-state index < -0.39 is 10.9 Å². The largest absolute Gasteiger partial charge is 0.480 e. The van der Waals surface area contributed by atoms with Gasteiger partial charge >= 0.3 is 5.97 Å². The van der Waals surface area contributed by atoms with Gasteiger partial charge < -0.3 is 10.4 Å². The average Bonchev–Trinajstić information content (AvgIpc) is 2.48. The van der Waals surface area contributed by atoms with E-state index in [0.29, 0.717) is 30.5 Å². The summed E-state index contributed by atoms with van der Waals surface area (Å²) in [7, 11) is 0. The van der Waals surface area contributed by atoms with E-state index in [1.807, 2.05) is 11.8 Å². The van der Waals surface area contributed by atoms with Crippen molar-refractivity contribution in [3.05, 3.63) is 39.4 Å². The molecule has 8 heteroatoms. The number of aryl methyl sites for hydroxylation is 1. The summed E-state index contributed by atoms with van der Waals surface area (Å²) in [5.41, 5.74) is 0.858. The summed E-state index contributed by atoms with van der Waals surface area (Å²) < 4.78 is 0. The minimum Gasteiger partial charge on any atom is -0.480 e. The van der Waals surface area contributed by atoms with Crippen molar-refractivity contribution in [3.8, 4) is 0 Å². The summed E-state index contributed by atoms with van der Waals surface area (Å²) in [6, 6.07) is 4.31. The number of aliphatic carboxylic acids is 1. The molecule has 1 fully saturated rings. The fourth-order valence-corrected chi connectivity index (χ4v) is 2.91. The summed E-state index contributed by atoms with van der Waals surface area (Å²) in [5, 5.41) is 22.6. The van der Waals surface area contributed by atoms with Gasteiger partial charge in [0.1, 0.15) is 0 Å². The summed E-state index contributed by atoms with van der Waals surface area (Å²) >= 11 is 0. The summed E-state index contributed by atoms with van der Waals surface area (Å²) in [6.07, 6.45) is 1.36. The highest BCUT2D eigenvalue weighted by molar-refractivity contribution is 5.96. The number of nitro benzene ring substituents is 1. The van der Waals surface area contributed by atoms with Crippen LogP contribution in [0.2, 0.25) is 0 Å². The van der Waals surface area contributed by atoms with Gasteiger partial charge in [0.2, 0.25) is 0 Å². The molecule has 1 aromatic rings. The van der Waals surface area contributed by atoms with Crippen LogP contribution < -0.4 is 5.32 Å². The Bertz CT molecular complexity index is 655. The van der Waals surface area contributed by atoms with E-state index in [0.717, 1.165) is 0 Å². The zero-order valence-electron chi connectivity index (χ0n) is 13.7. The molecule has 1 saturated carbocycles. The molecule has 0 radical (unpaired) electrons. The highest BCUT2D eigenvalue weighted by Crippen LogP contribution is 2.26. The Hall–Kier alpha value is -2.48. The van der Waals surface area contributed by atoms with Gasteiger partial charge in [0, 0.05) is 29.8 Å². The SMILES string of the molecule is CCN(CC(=O)O)C1CC(NC(=O)c2cc([N+](=O)[O-])ccc2C)C1. The van der Waals surface area contributed by atoms with Crippen molar-refractivity contribution in [2.45, 2.75) is 38.8 Å². The third kappa shape index (κ3) is 4.08. The number of rotatable bonds is 7. The maximum atomic E-state index is 12.3. The number of hydrogen-bond donors (Lipinski definition) is 2. The lowest BCUT2D eigenvalue weighted by molar-refractivity contribution is -0.384. The molecule has 0 aliphatic heterocycles. The summed E-state index contributed by atoms with van der Waals surface area (Å²) in [4.78, 5) is 35.3. The molecule has 0 spiro atoms. The van der Waals surface area contributed by atoms with Crippen LogP contribution in [0.4, 0.5) is 5.69 Å². The van der Waals surface area contributed by atoms with Crippen molar-refractivity contribution < 1.29 is 19.6 Å². The Kier molecular flexibility index (Phi) is 5.50. The van der Waals surface area contributed by atoms with E-state index in [9.17, 15) is 19.7 Å². The average molecular weight is 335 g/mol. The smallest absolute Gasteiger partial charge is 0.317 e. The lowest BCUT2D eigenvalue weighted by Crippen LogP contribution is -2.54. The van der Waals surface area contributed by atoms with Crippen LogP contribution in [0, 0.1) is 17.0 Å². The topological polar surface area (TPSA) is 113 Å². The second kappa shape index (κ2) is 7.39. The molecule has 0 saturated heterocycles. The number of carboxylic acid groups (broad SMARTS) is 1. The molecule has 8 nitrogen and oxygen atoms in total. The number of likely N-dealkylation sites (N-methyl/N-ethyl adjacent to an activating group) is 1. The maximum Gasteiger partial charge on any atom is 0.317 e. The predicted octanol–water partition coefficient (Wildman–Crippen LogP) is 1.57. The number of benzene rings is 1. The molecule has 0 bridgehead atoms. The van der Waals surface area contributed by atoms with Crippen LogP contribution in [0.1, 0.15) is 35.7 Å². The molecular formula is C16H21N3O5. The van der Waals surface area contributed by atoms with Crippen LogP contribution in [0.15, 0.2) is 18.2 Å². The van der Waals surface area contributed by atoms with Gasteiger partial charge in [-0.15, -0.1) is 0 Å². The molecule has 2 rings (SSSR count). The van der Waals surface area contributed by atoms with Gasteiger partial charge in [-0.1, -0.05) is 13.0 Å². The zero-order chi connectivity index (χ0) is 17.9. The van der Waals surface area contributed by atoms with Gasteiger partial charge in [-0.25, -0.2) is 0 Å². The van der Waals surface area contributed by atoms with Gasteiger partial charge in [-0.05, 0) is 31.9 Å². The highest BCUT2D eigenvalue weighted by atomic mass is 16.6. The van der Waals surface area contributed by atoms with Gasteiger partial charge in [0.25, 0.3) is 11.6 Å². The fraction of sp³-hybridized carbons (Fsp3) is 0.500. The van der Waals surface area contributed by atoms with Crippen molar-refractivity contribution in [2.75, 3.05) is 13.1 Å². The number of carbonyl (C=O) groups excluding carboxylic acids is 1. The molecule has 1 aliphatic carbocycles. The number of carbonyl (C=O) groups is 2. The van der Waals surface area contributed by atoms with Crippen LogP contribution in [-0.4, -0.2) is 52.0 Å². The molecule has 0 heterocycles. The maximum absolute atomic E-state index is 12.3. The van der Waals surface area contributed by atoms with Gasteiger partial charge in [-0.2, -0.15) is 0 Å². The Morgan fingerprint density at radius 1 is 1.42 bits per heavy atom. The number of carboxylic acids is 1. The number of nitro groups is 1. The van der Waals surface area contributed by atoms with Crippen LogP contribution in [-0.2, 0) is 4.79 Å². The standard InChI is InChI=1S/C16H21N3O5/c1-3-18(9-15(20)21)13-6-11(7-13)17-16(22)14-8-12(19(23)24)5-4-10(14)2/h4-5,8,11,13H,3,6-7,9H2,1-2H3,(H,17,22)(H,20,21). The van der Waals surface area contributed by atoms with Gasteiger partial charge in [0.15, 0.2) is 0 Å². The molecule has 0 unspecified atom stereocenters. The Labute approximate surface area is 139 Å². The fourth-order valence-electron chi connectivity index (χ4n) is 2.91. The molecule has 24 heavy (non-hydrogen) atoms. The van der Waals surface area contributed by atoms with Crippen molar-refractivity contribution in [1.82, 2.24) is 10.2 Å². The molecule has 0 aromatic heterocycles. The van der Waals surface area contributed by atoms with Crippen molar-refractivity contribution in [2.24, 2.45) is 0 Å². The first-order valence-corrected chi connectivity index (χ1v) is 7.83. The molecule has 1 amide bonds. The normalized spacial score (nSPS) is 19.6. The molecule has 0 atom stereocenters. The molecule has 130 valence electrons. The Morgan fingerprint density at radius 3 is 2.62 bits per heavy atom. The molecule has 2 N–H and O–H groups in total. The van der Waals surface area contributed by atoms with Crippen molar-refractivity contribution in [3.63, 3.8) is 0 Å². The summed E-state index contributed by atoms with van der Waals surface area (Å²) in [5.74, 6) is -1.20. The van der Waals surface area contributed by atoms with E-state index >= 15 is 0 Å². The Morgan fingerprint density at radius 2 is 2.08 bits per heavy atom.